The van der Waals surface area contributed by atoms with E-state index in [9.17, 15) is 9.18 Å². The molecule has 0 saturated carbocycles. The van der Waals surface area contributed by atoms with Gasteiger partial charge in [-0.05, 0) is 49.9 Å². The average Bonchev–Trinajstić information content (AvgIpc) is 3.23. The number of likely N-dealkylation sites (tertiary alicyclic amines) is 1. The fourth-order valence-corrected chi connectivity index (χ4v) is 4.52. The van der Waals surface area contributed by atoms with Gasteiger partial charge in [-0.1, -0.05) is 0 Å². The quantitative estimate of drug-likeness (QED) is 0.696. The number of hydrogen-bond acceptors (Lipinski definition) is 6. The number of carbonyl (C=O) groups is 1. The van der Waals surface area contributed by atoms with Crippen LogP contribution in [0.3, 0.4) is 0 Å². The fraction of sp³-hybridized carbons (Fsp3) is 0.476. The van der Waals surface area contributed by atoms with Crippen LogP contribution < -0.4 is 4.74 Å². The molecule has 0 bridgehead atoms. The van der Waals surface area contributed by atoms with Crippen molar-refractivity contribution in [3.8, 4) is 5.75 Å². The molecule has 1 fully saturated rings. The topological polar surface area (TPSA) is 48.0 Å². The SMILES string of the molecule is CCOC(=O)[C@H]1CCCN(Cc2cc(F)cc3c2O[C@@H](c2ccsc2)OC3)C1. The standard InChI is InChI=1S/C21H24FNO4S/c1-2-25-20(24)14-4-3-6-23(10-14)11-16-8-18(22)9-17-12-26-21(27-19(16)17)15-5-7-28-13-15/h5,7-9,13-14,21H,2-4,6,10-12H2,1H3/t14-,21-/m0/s1. The van der Waals surface area contributed by atoms with Crippen LogP contribution in [0.25, 0.3) is 0 Å². The molecule has 1 saturated heterocycles. The molecular weight excluding hydrogens is 381 g/mol. The number of carbonyl (C=O) groups excluding carboxylic acids is 1. The van der Waals surface area contributed by atoms with Crippen LogP contribution in [0.15, 0.2) is 29.0 Å². The van der Waals surface area contributed by atoms with Crippen LogP contribution in [0.2, 0.25) is 0 Å². The van der Waals surface area contributed by atoms with Crippen molar-refractivity contribution < 1.29 is 23.4 Å². The minimum atomic E-state index is -0.475. The third-order valence-electron chi connectivity index (χ3n) is 5.16. The number of fused-ring (bicyclic) bond motifs is 1. The van der Waals surface area contributed by atoms with Crippen molar-refractivity contribution >= 4 is 17.3 Å². The van der Waals surface area contributed by atoms with E-state index in [4.69, 9.17) is 14.2 Å². The highest BCUT2D eigenvalue weighted by molar-refractivity contribution is 7.07. The van der Waals surface area contributed by atoms with E-state index < -0.39 is 6.29 Å². The van der Waals surface area contributed by atoms with E-state index in [1.54, 1.807) is 11.3 Å². The molecule has 2 atom stereocenters. The molecule has 2 aromatic rings. The number of thiophene rings is 1. The van der Waals surface area contributed by atoms with Gasteiger partial charge in [0.1, 0.15) is 11.6 Å². The number of nitrogens with zero attached hydrogens (tertiary/aromatic N) is 1. The highest BCUT2D eigenvalue weighted by Crippen LogP contribution is 2.38. The minimum Gasteiger partial charge on any atom is -0.466 e. The van der Waals surface area contributed by atoms with E-state index >= 15 is 0 Å². The number of benzene rings is 1. The summed E-state index contributed by atoms with van der Waals surface area (Å²) in [6.07, 6.45) is 1.28. The van der Waals surface area contributed by atoms with Gasteiger partial charge in [-0.25, -0.2) is 4.39 Å². The number of rotatable bonds is 5. The molecule has 5 nitrogen and oxygen atoms in total. The lowest BCUT2D eigenvalue weighted by Gasteiger charge is -2.33. The molecule has 0 N–H and O–H groups in total. The second-order valence-electron chi connectivity index (χ2n) is 7.20. The van der Waals surface area contributed by atoms with Crippen LogP contribution in [-0.4, -0.2) is 30.6 Å². The highest BCUT2D eigenvalue weighted by Gasteiger charge is 2.30. The molecule has 28 heavy (non-hydrogen) atoms. The van der Waals surface area contributed by atoms with Crippen LogP contribution in [0, 0.1) is 11.7 Å². The van der Waals surface area contributed by atoms with Gasteiger partial charge in [-0.3, -0.25) is 9.69 Å². The largest absolute Gasteiger partial charge is 0.466 e. The number of hydrogen-bond donors (Lipinski definition) is 0. The predicted octanol–water partition coefficient (Wildman–Crippen LogP) is 4.27. The van der Waals surface area contributed by atoms with Gasteiger partial charge < -0.3 is 14.2 Å². The summed E-state index contributed by atoms with van der Waals surface area (Å²) in [6.45, 7) is 4.55. The second kappa shape index (κ2) is 8.59. The third-order valence-corrected chi connectivity index (χ3v) is 5.86. The van der Waals surface area contributed by atoms with Gasteiger partial charge in [0.25, 0.3) is 0 Å². The Balaban J connectivity index is 1.52. The van der Waals surface area contributed by atoms with Crippen molar-refractivity contribution in [3.63, 3.8) is 0 Å². The molecule has 3 heterocycles. The summed E-state index contributed by atoms with van der Waals surface area (Å²) in [4.78, 5) is 14.3. The summed E-state index contributed by atoms with van der Waals surface area (Å²) in [5.74, 6) is 0.132. The Kier molecular flexibility index (Phi) is 5.94. The maximum atomic E-state index is 14.2. The van der Waals surface area contributed by atoms with E-state index in [-0.39, 0.29) is 17.7 Å². The first kappa shape index (κ1) is 19.4. The molecule has 7 heteroatoms. The molecule has 0 unspecified atom stereocenters. The lowest BCUT2D eigenvalue weighted by atomic mass is 9.97. The van der Waals surface area contributed by atoms with Gasteiger partial charge in [-0.2, -0.15) is 11.3 Å². The Bertz CT molecular complexity index is 826. The summed E-state index contributed by atoms with van der Waals surface area (Å²) in [7, 11) is 0. The van der Waals surface area contributed by atoms with Crippen LogP contribution in [0.1, 0.15) is 42.7 Å². The van der Waals surface area contributed by atoms with Crippen LogP contribution in [0.4, 0.5) is 4.39 Å². The Hall–Kier alpha value is -1.96. The molecule has 0 aliphatic carbocycles. The first-order chi connectivity index (χ1) is 13.6. The molecule has 0 amide bonds. The van der Waals surface area contributed by atoms with Gasteiger partial charge in [0.2, 0.25) is 6.29 Å². The van der Waals surface area contributed by atoms with Crippen LogP contribution >= 0.6 is 11.3 Å². The van der Waals surface area contributed by atoms with Crippen molar-refractivity contribution in [1.29, 1.82) is 0 Å². The van der Waals surface area contributed by atoms with E-state index in [0.29, 0.717) is 32.1 Å². The van der Waals surface area contributed by atoms with Gasteiger partial charge in [0.05, 0.1) is 19.1 Å². The minimum absolute atomic E-state index is 0.124. The van der Waals surface area contributed by atoms with Crippen LogP contribution in [0.5, 0.6) is 5.75 Å². The number of piperidine rings is 1. The molecule has 1 aromatic heterocycles. The Labute approximate surface area is 168 Å². The average molecular weight is 405 g/mol. The maximum absolute atomic E-state index is 14.2. The Morgan fingerprint density at radius 2 is 2.32 bits per heavy atom. The van der Waals surface area contributed by atoms with E-state index in [1.165, 1.54) is 12.1 Å². The molecule has 0 spiro atoms. The Morgan fingerprint density at radius 3 is 3.11 bits per heavy atom. The van der Waals surface area contributed by atoms with Crippen molar-refractivity contribution in [2.24, 2.45) is 5.92 Å². The van der Waals surface area contributed by atoms with E-state index in [0.717, 1.165) is 36.1 Å². The molecule has 150 valence electrons. The zero-order valence-corrected chi connectivity index (χ0v) is 16.7. The second-order valence-corrected chi connectivity index (χ2v) is 7.98. The zero-order valence-electron chi connectivity index (χ0n) is 15.9. The lowest BCUT2D eigenvalue weighted by molar-refractivity contribution is -0.150. The predicted molar refractivity (Wildman–Crippen MR) is 104 cm³/mol. The molecule has 0 radical (unpaired) electrons. The molecule has 2 aliphatic rings. The zero-order chi connectivity index (χ0) is 19.5. The summed E-state index contributed by atoms with van der Waals surface area (Å²) >= 11 is 1.58. The molecule has 1 aromatic carbocycles. The lowest BCUT2D eigenvalue weighted by Crippen LogP contribution is -2.39. The number of esters is 1. The molecule has 4 rings (SSSR count). The monoisotopic (exact) mass is 405 g/mol. The van der Waals surface area contributed by atoms with Crippen molar-refractivity contribution in [3.05, 3.63) is 51.5 Å². The van der Waals surface area contributed by atoms with Gasteiger partial charge in [0.15, 0.2) is 0 Å². The number of ether oxygens (including phenoxy) is 3. The first-order valence-electron chi connectivity index (χ1n) is 9.64. The van der Waals surface area contributed by atoms with Crippen LogP contribution in [-0.2, 0) is 27.4 Å². The third kappa shape index (κ3) is 4.21. The van der Waals surface area contributed by atoms with Gasteiger partial charge in [-0.15, -0.1) is 0 Å². The first-order valence-corrected chi connectivity index (χ1v) is 10.6. The maximum Gasteiger partial charge on any atom is 0.310 e. The highest BCUT2D eigenvalue weighted by atomic mass is 32.1. The Morgan fingerprint density at radius 1 is 1.43 bits per heavy atom. The van der Waals surface area contributed by atoms with Crippen molar-refractivity contribution in [1.82, 2.24) is 4.90 Å². The fourth-order valence-electron chi connectivity index (χ4n) is 3.86. The summed E-state index contributed by atoms with van der Waals surface area (Å²) in [6, 6.07) is 4.97. The summed E-state index contributed by atoms with van der Waals surface area (Å²) in [5, 5.41) is 3.97. The normalized spacial score (nSPS) is 22.4. The van der Waals surface area contributed by atoms with E-state index in [2.05, 4.69) is 4.90 Å². The van der Waals surface area contributed by atoms with Gasteiger partial charge >= 0.3 is 5.97 Å². The van der Waals surface area contributed by atoms with Crippen molar-refractivity contribution in [2.45, 2.75) is 39.2 Å². The van der Waals surface area contributed by atoms with Crippen molar-refractivity contribution in [2.75, 3.05) is 19.7 Å². The smallest absolute Gasteiger partial charge is 0.310 e. The summed E-state index contributed by atoms with van der Waals surface area (Å²) < 4.78 is 31.2. The molecule has 2 aliphatic heterocycles. The summed E-state index contributed by atoms with van der Waals surface area (Å²) in [5.41, 5.74) is 2.48. The van der Waals surface area contributed by atoms with E-state index in [1.807, 2.05) is 23.8 Å². The molecular formula is C21H24FNO4S. The van der Waals surface area contributed by atoms with Gasteiger partial charge in [0, 0.05) is 35.2 Å². The number of halogens is 1.